The van der Waals surface area contributed by atoms with Crippen molar-refractivity contribution >= 4 is 0 Å². The van der Waals surface area contributed by atoms with Gasteiger partial charge in [0.2, 0.25) is 0 Å². The Morgan fingerprint density at radius 1 is 1.12 bits per heavy atom. The second-order valence-electron chi connectivity index (χ2n) is 7.50. The van der Waals surface area contributed by atoms with Crippen molar-refractivity contribution in [3.05, 3.63) is 47.8 Å². The van der Waals surface area contributed by atoms with E-state index in [1.54, 1.807) is 0 Å². The lowest BCUT2D eigenvalue weighted by Gasteiger charge is -2.32. The van der Waals surface area contributed by atoms with Gasteiger partial charge in [0.25, 0.3) is 0 Å². The molecule has 1 saturated carbocycles. The molecule has 1 aliphatic heterocycles. The lowest BCUT2D eigenvalue weighted by molar-refractivity contribution is -0.141. The van der Waals surface area contributed by atoms with E-state index in [9.17, 15) is 13.2 Å². The van der Waals surface area contributed by atoms with E-state index in [1.807, 2.05) is 6.20 Å². The van der Waals surface area contributed by atoms with E-state index in [-0.39, 0.29) is 0 Å². The van der Waals surface area contributed by atoms with Crippen molar-refractivity contribution in [3.63, 3.8) is 0 Å². The summed E-state index contributed by atoms with van der Waals surface area (Å²) in [6, 6.07) is 2.60. The van der Waals surface area contributed by atoms with E-state index < -0.39 is 11.9 Å². The van der Waals surface area contributed by atoms with Gasteiger partial charge in [-0.1, -0.05) is 6.07 Å². The second-order valence-corrected chi connectivity index (χ2v) is 7.50. The van der Waals surface area contributed by atoms with Crippen LogP contribution in [-0.2, 0) is 19.3 Å². The number of halogens is 3. The van der Waals surface area contributed by atoms with Crippen LogP contribution in [0.3, 0.4) is 0 Å². The van der Waals surface area contributed by atoms with Gasteiger partial charge in [-0.15, -0.1) is 0 Å². The first-order valence-corrected chi connectivity index (χ1v) is 9.24. The van der Waals surface area contributed by atoms with Gasteiger partial charge in [-0.25, -0.2) is 4.98 Å². The molecule has 1 atom stereocenters. The summed E-state index contributed by atoms with van der Waals surface area (Å²) < 4.78 is 40.2. The molecule has 4 rings (SSSR count). The Kier molecular flexibility index (Phi) is 4.73. The van der Waals surface area contributed by atoms with Crippen molar-refractivity contribution in [3.8, 4) is 0 Å². The minimum absolute atomic E-state index is 0.389. The first kappa shape index (κ1) is 17.5. The lowest BCUT2D eigenvalue weighted by atomic mass is 9.96. The van der Waals surface area contributed by atoms with Crippen molar-refractivity contribution in [2.45, 2.75) is 50.9 Å². The SMILES string of the molecule is FC(F)(F)c1ccc(CN2CCC[C@@H](c3nccn3CC3CC3)C2)cn1. The molecule has 2 aromatic rings. The summed E-state index contributed by atoms with van der Waals surface area (Å²) in [5.41, 5.74) is -0.0140. The molecule has 26 heavy (non-hydrogen) atoms. The van der Waals surface area contributed by atoms with Gasteiger partial charge in [-0.05, 0) is 49.8 Å². The number of piperidine rings is 1. The molecule has 2 fully saturated rings. The van der Waals surface area contributed by atoms with Crippen molar-refractivity contribution < 1.29 is 13.2 Å². The quantitative estimate of drug-likeness (QED) is 0.801. The average Bonchev–Trinajstić information content (AvgIpc) is 3.30. The van der Waals surface area contributed by atoms with Crippen LogP contribution in [0.15, 0.2) is 30.7 Å². The molecule has 3 heterocycles. The topological polar surface area (TPSA) is 34.0 Å². The van der Waals surface area contributed by atoms with Crippen LogP contribution in [0.5, 0.6) is 0 Å². The minimum Gasteiger partial charge on any atom is -0.334 e. The molecule has 0 radical (unpaired) electrons. The highest BCUT2D eigenvalue weighted by Crippen LogP contribution is 2.33. The zero-order chi connectivity index (χ0) is 18.1. The highest BCUT2D eigenvalue weighted by molar-refractivity contribution is 5.16. The normalized spacial score (nSPS) is 21.9. The summed E-state index contributed by atoms with van der Waals surface area (Å²) >= 11 is 0. The standard InChI is InChI=1S/C19H23F3N4/c20-19(21,22)17-6-5-15(10-24-17)11-25-8-1-2-16(13-25)18-23-7-9-26(18)12-14-3-4-14/h5-7,9-10,14,16H,1-4,8,11-13H2/t16-/m1/s1. The van der Waals surface area contributed by atoms with Crippen LogP contribution in [-0.4, -0.2) is 32.5 Å². The molecule has 140 valence electrons. The van der Waals surface area contributed by atoms with Crippen LogP contribution in [0.4, 0.5) is 13.2 Å². The predicted octanol–water partition coefficient (Wildman–Crippen LogP) is 4.09. The third-order valence-electron chi connectivity index (χ3n) is 5.29. The van der Waals surface area contributed by atoms with Crippen molar-refractivity contribution in [1.29, 1.82) is 0 Å². The Labute approximate surface area is 151 Å². The van der Waals surface area contributed by atoms with Crippen LogP contribution in [0.2, 0.25) is 0 Å². The van der Waals surface area contributed by atoms with Gasteiger partial charge in [-0.3, -0.25) is 9.88 Å². The molecule has 2 aliphatic rings. The summed E-state index contributed by atoms with van der Waals surface area (Å²) in [5.74, 6) is 2.35. The third kappa shape index (κ3) is 4.09. The van der Waals surface area contributed by atoms with Crippen LogP contribution >= 0.6 is 0 Å². The Morgan fingerprint density at radius 2 is 1.96 bits per heavy atom. The molecule has 1 saturated heterocycles. The largest absolute Gasteiger partial charge is 0.433 e. The van der Waals surface area contributed by atoms with Gasteiger partial charge >= 0.3 is 6.18 Å². The Hall–Kier alpha value is -1.89. The molecule has 0 bridgehead atoms. The van der Waals surface area contributed by atoms with E-state index in [0.29, 0.717) is 12.5 Å². The Morgan fingerprint density at radius 3 is 2.65 bits per heavy atom. The van der Waals surface area contributed by atoms with Gasteiger partial charge in [0, 0.05) is 44.1 Å². The first-order valence-electron chi connectivity index (χ1n) is 9.24. The number of imidazole rings is 1. The zero-order valence-electron chi connectivity index (χ0n) is 14.6. The van der Waals surface area contributed by atoms with Gasteiger partial charge in [0.15, 0.2) is 0 Å². The highest BCUT2D eigenvalue weighted by atomic mass is 19.4. The van der Waals surface area contributed by atoms with Crippen LogP contribution in [0.1, 0.15) is 48.7 Å². The molecule has 0 aromatic carbocycles. The van der Waals surface area contributed by atoms with E-state index in [4.69, 9.17) is 0 Å². The van der Waals surface area contributed by atoms with Crippen LogP contribution < -0.4 is 0 Å². The number of hydrogen-bond donors (Lipinski definition) is 0. The van der Waals surface area contributed by atoms with E-state index in [2.05, 4.69) is 25.6 Å². The molecular weight excluding hydrogens is 341 g/mol. The molecule has 0 N–H and O–H groups in total. The molecule has 0 unspecified atom stereocenters. The van der Waals surface area contributed by atoms with E-state index >= 15 is 0 Å². The van der Waals surface area contributed by atoms with Crippen LogP contribution in [0, 0.1) is 5.92 Å². The molecule has 4 nitrogen and oxygen atoms in total. The van der Waals surface area contributed by atoms with Crippen molar-refractivity contribution in [2.24, 2.45) is 5.92 Å². The summed E-state index contributed by atoms with van der Waals surface area (Å²) in [7, 11) is 0. The zero-order valence-corrected chi connectivity index (χ0v) is 14.6. The fourth-order valence-corrected chi connectivity index (χ4v) is 3.77. The van der Waals surface area contributed by atoms with Gasteiger partial charge in [0.1, 0.15) is 11.5 Å². The smallest absolute Gasteiger partial charge is 0.334 e. The fourth-order valence-electron chi connectivity index (χ4n) is 3.77. The molecular formula is C19H23F3N4. The van der Waals surface area contributed by atoms with Crippen molar-refractivity contribution in [1.82, 2.24) is 19.4 Å². The average molecular weight is 364 g/mol. The van der Waals surface area contributed by atoms with E-state index in [1.165, 1.54) is 25.1 Å². The minimum atomic E-state index is -4.38. The molecule has 1 aliphatic carbocycles. The number of alkyl halides is 3. The van der Waals surface area contributed by atoms with Crippen LogP contribution in [0.25, 0.3) is 0 Å². The van der Waals surface area contributed by atoms with Gasteiger partial charge in [-0.2, -0.15) is 13.2 Å². The summed E-state index contributed by atoms with van der Waals surface area (Å²) in [5, 5.41) is 0. The molecule has 0 spiro atoms. The third-order valence-corrected chi connectivity index (χ3v) is 5.29. The number of aromatic nitrogens is 3. The predicted molar refractivity (Wildman–Crippen MR) is 91.4 cm³/mol. The number of likely N-dealkylation sites (tertiary alicyclic amines) is 1. The van der Waals surface area contributed by atoms with Gasteiger partial charge in [0.05, 0.1) is 0 Å². The highest BCUT2D eigenvalue weighted by Gasteiger charge is 2.32. The maximum atomic E-state index is 12.6. The van der Waals surface area contributed by atoms with Gasteiger partial charge < -0.3 is 4.57 Å². The Balaban J connectivity index is 1.40. The number of rotatable bonds is 5. The summed E-state index contributed by atoms with van der Waals surface area (Å²) in [4.78, 5) is 10.5. The van der Waals surface area contributed by atoms with E-state index in [0.717, 1.165) is 55.8 Å². The summed E-state index contributed by atoms with van der Waals surface area (Å²) in [6.07, 6.45) is 5.75. The molecule has 2 aromatic heterocycles. The maximum Gasteiger partial charge on any atom is 0.433 e. The maximum absolute atomic E-state index is 12.6. The monoisotopic (exact) mass is 364 g/mol. The number of nitrogens with zero attached hydrogens (tertiary/aromatic N) is 4. The summed E-state index contributed by atoms with van der Waals surface area (Å²) in [6.45, 7) is 3.54. The van der Waals surface area contributed by atoms with Crippen molar-refractivity contribution in [2.75, 3.05) is 13.1 Å². The second kappa shape index (κ2) is 7.02. The molecule has 7 heteroatoms. The fraction of sp³-hybridized carbons (Fsp3) is 0.579. The number of hydrogen-bond acceptors (Lipinski definition) is 3. The Bertz CT molecular complexity index is 734. The number of pyridine rings is 1. The first-order chi connectivity index (χ1) is 12.5. The lowest BCUT2D eigenvalue weighted by Crippen LogP contribution is -2.35. The molecule has 0 amide bonds.